The predicted octanol–water partition coefficient (Wildman–Crippen LogP) is 3.40. The molecule has 0 aromatic carbocycles. The van der Waals surface area contributed by atoms with Gasteiger partial charge in [0.2, 0.25) is 5.89 Å². The van der Waals surface area contributed by atoms with Gasteiger partial charge in [0.05, 0.1) is 11.5 Å². The van der Waals surface area contributed by atoms with Crippen molar-refractivity contribution in [3.8, 4) is 0 Å². The summed E-state index contributed by atoms with van der Waals surface area (Å²) in [5, 5.41) is 3.88. The summed E-state index contributed by atoms with van der Waals surface area (Å²) in [5.41, 5.74) is 2.98. The van der Waals surface area contributed by atoms with Crippen molar-refractivity contribution in [2.75, 3.05) is 13.1 Å². The monoisotopic (exact) mass is 330 g/mol. The van der Waals surface area contributed by atoms with Crippen LogP contribution < -0.4 is 0 Å². The lowest BCUT2D eigenvalue weighted by molar-refractivity contribution is 0.0694. The van der Waals surface area contributed by atoms with Crippen molar-refractivity contribution in [1.82, 2.24) is 19.6 Å². The van der Waals surface area contributed by atoms with Crippen LogP contribution in [0.1, 0.15) is 72.1 Å². The van der Waals surface area contributed by atoms with Gasteiger partial charge in [-0.1, -0.05) is 5.16 Å². The van der Waals surface area contributed by atoms with Gasteiger partial charge in [-0.25, -0.2) is 0 Å². The van der Waals surface area contributed by atoms with Gasteiger partial charge < -0.3 is 14.0 Å². The van der Waals surface area contributed by atoms with E-state index in [-0.39, 0.29) is 11.8 Å². The van der Waals surface area contributed by atoms with Gasteiger partial charge in [0.1, 0.15) is 0 Å². The number of hydrogen-bond donors (Lipinski definition) is 0. The van der Waals surface area contributed by atoms with E-state index in [2.05, 4.69) is 35.5 Å². The van der Waals surface area contributed by atoms with Crippen LogP contribution in [-0.4, -0.2) is 38.6 Å². The number of nitrogens with zero attached hydrogens (tertiary/aromatic N) is 4. The van der Waals surface area contributed by atoms with E-state index >= 15 is 0 Å². The molecule has 6 heteroatoms. The van der Waals surface area contributed by atoms with Crippen LogP contribution in [0.3, 0.4) is 0 Å². The zero-order valence-corrected chi connectivity index (χ0v) is 15.2. The van der Waals surface area contributed by atoms with Gasteiger partial charge in [-0.3, -0.25) is 4.79 Å². The first-order valence-corrected chi connectivity index (χ1v) is 8.66. The molecular weight excluding hydrogens is 304 g/mol. The Morgan fingerprint density at radius 2 is 2.08 bits per heavy atom. The minimum Gasteiger partial charge on any atom is -0.346 e. The van der Waals surface area contributed by atoms with Gasteiger partial charge in [-0.05, 0) is 53.5 Å². The SMILES string of the molecule is Cc1noc(C2CCCN(C(=O)c3cc(C)n(C(C)C)c3C)C2)n1. The Morgan fingerprint density at radius 1 is 1.33 bits per heavy atom. The Labute approximate surface area is 142 Å². The highest BCUT2D eigenvalue weighted by atomic mass is 16.5. The first-order valence-electron chi connectivity index (χ1n) is 8.66. The van der Waals surface area contributed by atoms with Gasteiger partial charge >= 0.3 is 0 Å². The quantitative estimate of drug-likeness (QED) is 0.865. The zero-order chi connectivity index (χ0) is 17.4. The molecule has 1 atom stereocenters. The Morgan fingerprint density at radius 3 is 2.67 bits per heavy atom. The van der Waals surface area contributed by atoms with Crippen LogP contribution in [0.5, 0.6) is 0 Å². The van der Waals surface area contributed by atoms with Gasteiger partial charge in [0.15, 0.2) is 5.82 Å². The van der Waals surface area contributed by atoms with Crippen molar-refractivity contribution in [2.24, 2.45) is 0 Å². The van der Waals surface area contributed by atoms with Crippen LogP contribution in [0, 0.1) is 20.8 Å². The highest BCUT2D eigenvalue weighted by Crippen LogP contribution is 2.28. The van der Waals surface area contributed by atoms with Crippen molar-refractivity contribution in [2.45, 2.75) is 59.4 Å². The van der Waals surface area contributed by atoms with Crippen LogP contribution in [0.4, 0.5) is 0 Å². The fraction of sp³-hybridized carbons (Fsp3) is 0.611. The molecule has 0 bridgehead atoms. The number of aromatic nitrogens is 3. The average Bonchev–Trinajstić information content (AvgIpc) is 3.10. The molecule has 1 aliphatic heterocycles. The Bertz CT molecular complexity index is 744. The van der Waals surface area contributed by atoms with Crippen LogP contribution in [0.25, 0.3) is 0 Å². The standard InChI is InChI=1S/C18H26N4O2/c1-11(2)22-12(3)9-16(13(22)4)18(23)21-8-6-7-15(10-21)17-19-14(5)20-24-17/h9,11,15H,6-8,10H2,1-5H3. The molecule has 3 heterocycles. The van der Waals surface area contributed by atoms with Gasteiger partial charge in [0.25, 0.3) is 5.91 Å². The van der Waals surface area contributed by atoms with E-state index in [4.69, 9.17) is 4.52 Å². The van der Waals surface area contributed by atoms with Crippen molar-refractivity contribution in [3.63, 3.8) is 0 Å². The van der Waals surface area contributed by atoms with Crippen LogP contribution in [-0.2, 0) is 0 Å². The third-order valence-electron chi connectivity index (χ3n) is 4.83. The van der Waals surface area contributed by atoms with Gasteiger partial charge in [-0.2, -0.15) is 4.98 Å². The number of piperidine rings is 1. The fourth-order valence-electron chi connectivity index (χ4n) is 3.80. The third-order valence-corrected chi connectivity index (χ3v) is 4.83. The average molecular weight is 330 g/mol. The van der Waals surface area contributed by atoms with Crippen molar-refractivity contribution in [3.05, 3.63) is 34.7 Å². The number of amides is 1. The second-order valence-electron chi connectivity index (χ2n) is 7.02. The number of carbonyl (C=O) groups excluding carboxylic acids is 1. The first-order chi connectivity index (χ1) is 11.4. The molecule has 2 aromatic heterocycles. The van der Waals surface area contributed by atoms with E-state index in [9.17, 15) is 4.79 Å². The molecule has 1 unspecified atom stereocenters. The molecule has 3 rings (SSSR count). The molecule has 130 valence electrons. The minimum atomic E-state index is 0.107. The summed E-state index contributed by atoms with van der Waals surface area (Å²) >= 11 is 0. The molecule has 1 saturated heterocycles. The summed E-state index contributed by atoms with van der Waals surface area (Å²) in [7, 11) is 0. The molecule has 1 aliphatic rings. The summed E-state index contributed by atoms with van der Waals surface area (Å²) in [6.45, 7) is 11.6. The zero-order valence-electron chi connectivity index (χ0n) is 15.2. The van der Waals surface area contributed by atoms with E-state index in [0.29, 0.717) is 24.3 Å². The van der Waals surface area contributed by atoms with Crippen LogP contribution >= 0.6 is 0 Å². The van der Waals surface area contributed by atoms with Crippen molar-refractivity contribution in [1.29, 1.82) is 0 Å². The Hall–Kier alpha value is -2.11. The lowest BCUT2D eigenvalue weighted by Crippen LogP contribution is -2.39. The van der Waals surface area contributed by atoms with Crippen LogP contribution in [0.15, 0.2) is 10.6 Å². The maximum Gasteiger partial charge on any atom is 0.255 e. The maximum atomic E-state index is 13.0. The lowest BCUT2D eigenvalue weighted by atomic mass is 9.97. The molecule has 0 aliphatic carbocycles. The van der Waals surface area contributed by atoms with Crippen LogP contribution in [0.2, 0.25) is 0 Å². The lowest BCUT2D eigenvalue weighted by Gasteiger charge is -2.31. The summed E-state index contributed by atoms with van der Waals surface area (Å²) in [6, 6.07) is 2.36. The topological polar surface area (TPSA) is 64.2 Å². The fourth-order valence-corrected chi connectivity index (χ4v) is 3.80. The summed E-state index contributed by atoms with van der Waals surface area (Å²) in [4.78, 5) is 19.3. The first kappa shape index (κ1) is 16.7. The van der Waals surface area contributed by atoms with Gasteiger partial charge in [0, 0.05) is 30.5 Å². The molecule has 0 N–H and O–H groups in total. The number of hydrogen-bond acceptors (Lipinski definition) is 4. The van der Waals surface area contributed by atoms with E-state index in [1.54, 1.807) is 0 Å². The third kappa shape index (κ3) is 2.97. The molecule has 1 amide bonds. The molecular formula is C18H26N4O2. The predicted molar refractivity (Wildman–Crippen MR) is 91.2 cm³/mol. The van der Waals surface area contributed by atoms with Gasteiger partial charge in [-0.15, -0.1) is 0 Å². The molecule has 0 saturated carbocycles. The molecule has 0 radical (unpaired) electrons. The number of aryl methyl sites for hydroxylation is 2. The molecule has 1 fully saturated rings. The largest absolute Gasteiger partial charge is 0.346 e. The Kier molecular flexibility index (Phi) is 4.47. The Balaban J connectivity index is 1.81. The summed E-state index contributed by atoms with van der Waals surface area (Å²) < 4.78 is 7.53. The normalized spacial score (nSPS) is 18.4. The number of likely N-dealkylation sites (tertiary alicyclic amines) is 1. The van der Waals surface area contributed by atoms with Crippen molar-refractivity contribution < 1.29 is 9.32 Å². The summed E-state index contributed by atoms with van der Waals surface area (Å²) in [6.07, 6.45) is 1.94. The minimum absolute atomic E-state index is 0.107. The molecule has 2 aromatic rings. The number of rotatable bonds is 3. The highest BCUT2D eigenvalue weighted by molar-refractivity contribution is 5.95. The van der Waals surface area contributed by atoms with E-state index < -0.39 is 0 Å². The molecule has 6 nitrogen and oxygen atoms in total. The van der Waals surface area contributed by atoms with E-state index in [0.717, 1.165) is 36.3 Å². The van der Waals surface area contributed by atoms with E-state index in [1.807, 2.05) is 24.8 Å². The molecule has 0 spiro atoms. The summed E-state index contributed by atoms with van der Waals surface area (Å²) in [5.74, 6) is 1.54. The van der Waals surface area contributed by atoms with E-state index in [1.165, 1.54) is 0 Å². The molecule has 24 heavy (non-hydrogen) atoms. The van der Waals surface area contributed by atoms with Crippen molar-refractivity contribution >= 4 is 5.91 Å². The number of carbonyl (C=O) groups is 1. The highest BCUT2D eigenvalue weighted by Gasteiger charge is 2.30. The second-order valence-corrected chi connectivity index (χ2v) is 7.02. The maximum absolute atomic E-state index is 13.0. The smallest absolute Gasteiger partial charge is 0.255 e. The second kappa shape index (κ2) is 6.42.